The largest absolute Gasteiger partial charge is 0.459 e. The molecule has 0 spiro atoms. The number of amides is 1. The SMILES string of the molecule is C/C(=N\NC(=O)c1ccco1)c1ccc2ccccc2c1. The number of hydrazone groups is 1. The van der Waals surface area contributed by atoms with Gasteiger partial charge in [-0.05, 0) is 41.5 Å². The van der Waals surface area contributed by atoms with Gasteiger partial charge in [0, 0.05) is 0 Å². The summed E-state index contributed by atoms with van der Waals surface area (Å²) in [7, 11) is 0. The lowest BCUT2D eigenvalue weighted by Gasteiger charge is -2.04. The minimum absolute atomic E-state index is 0.241. The van der Waals surface area contributed by atoms with Crippen molar-refractivity contribution < 1.29 is 9.21 Å². The first-order chi connectivity index (χ1) is 10.2. The van der Waals surface area contributed by atoms with Gasteiger partial charge in [-0.15, -0.1) is 0 Å². The van der Waals surface area contributed by atoms with E-state index in [1.165, 1.54) is 11.6 Å². The smallest absolute Gasteiger partial charge is 0.307 e. The molecule has 1 amide bonds. The van der Waals surface area contributed by atoms with E-state index in [2.05, 4.69) is 16.6 Å². The molecule has 21 heavy (non-hydrogen) atoms. The molecule has 1 aromatic heterocycles. The topological polar surface area (TPSA) is 54.6 Å². The van der Waals surface area contributed by atoms with Crippen LogP contribution in [-0.4, -0.2) is 11.6 Å². The van der Waals surface area contributed by atoms with Crippen LogP contribution in [0.5, 0.6) is 0 Å². The maximum Gasteiger partial charge on any atom is 0.307 e. The highest BCUT2D eigenvalue weighted by Gasteiger charge is 2.07. The van der Waals surface area contributed by atoms with Gasteiger partial charge in [-0.2, -0.15) is 5.10 Å². The first-order valence-corrected chi connectivity index (χ1v) is 6.61. The van der Waals surface area contributed by atoms with E-state index >= 15 is 0 Å². The predicted molar refractivity (Wildman–Crippen MR) is 82.3 cm³/mol. The van der Waals surface area contributed by atoms with E-state index in [4.69, 9.17) is 4.42 Å². The monoisotopic (exact) mass is 278 g/mol. The summed E-state index contributed by atoms with van der Waals surface area (Å²) >= 11 is 0. The van der Waals surface area contributed by atoms with Gasteiger partial charge in [-0.25, -0.2) is 5.43 Å². The van der Waals surface area contributed by atoms with Crippen LogP contribution in [0.25, 0.3) is 10.8 Å². The van der Waals surface area contributed by atoms with E-state index in [-0.39, 0.29) is 11.7 Å². The van der Waals surface area contributed by atoms with Gasteiger partial charge < -0.3 is 4.42 Å². The number of hydrogen-bond donors (Lipinski definition) is 1. The van der Waals surface area contributed by atoms with Gasteiger partial charge in [-0.1, -0.05) is 36.4 Å². The van der Waals surface area contributed by atoms with Crippen molar-refractivity contribution in [3.8, 4) is 0 Å². The summed E-state index contributed by atoms with van der Waals surface area (Å²) in [6, 6.07) is 17.4. The molecule has 4 nitrogen and oxygen atoms in total. The number of hydrogen-bond acceptors (Lipinski definition) is 3. The Kier molecular flexibility index (Phi) is 3.51. The van der Waals surface area contributed by atoms with Crippen molar-refractivity contribution in [3.05, 3.63) is 72.2 Å². The molecule has 1 heterocycles. The summed E-state index contributed by atoms with van der Waals surface area (Å²) in [5.74, 6) is -0.120. The minimum Gasteiger partial charge on any atom is -0.459 e. The zero-order valence-corrected chi connectivity index (χ0v) is 11.5. The third-order valence-electron chi connectivity index (χ3n) is 3.24. The molecule has 0 saturated heterocycles. The Morgan fingerprint density at radius 3 is 2.62 bits per heavy atom. The lowest BCUT2D eigenvalue weighted by atomic mass is 10.0. The van der Waals surface area contributed by atoms with Crippen molar-refractivity contribution in [2.45, 2.75) is 6.92 Å². The third-order valence-corrected chi connectivity index (χ3v) is 3.24. The Balaban J connectivity index is 1.81. The van der Waals surface area contributed by atoms with E-state index in [9.17, 15) is 4.79 Å². The molecular formula is C17H14N2O2. The highest BCUT2D eigenvalue weighted by molar-refractivity contribution is 6.03. The standard InChI is InChI=1S/C17H14N2O2/c1-12(18-19-17(20)16-7-4-10-21-16)14-9-8-13-5-2-3-6-15(13)11-14/h2-11H,1H3,(H,19,20)/b18-12+. The second kappa shape index (κ2) is 5.63. The van der Waals surface area contributed by atoms with Crippen LogP contribution < -0.4 is 5.43 Å². The Bertz CT molecular complexity index is 805. The van der Waals surface area contributed by atoms with E-state index in [0.29, 0.717) is 0 Å². The molecule has 2 aromatic carbocycles. The van der Waals surface area contributed by atoms with Crippen LogP contribution in [0.15, 0.2) is 70.4 Å². The molecule has 3 aromatic rings. The molecule has 0 unspecified atom stereocenters. The minimum atomic E-state index is -0.361. The van der Waals surface area contributed by atoms with Crippen LogP contribution in [-0.2, 0) is 0 Å². The van der Waals surface area contributed by atoms with Crippen molar-refractivity contribution in [3.63, 3.8) is 0 Å². The van der Waals surface area contributed by atoms with Crippen molar-refractivity contribution in [2.24, 2.45) is 5.10 Å². The average Bonchev–Trinajstić information content (AvgIpc) is 3.06. The average molecular weight is 278 g/mol. The van der Waals surface area contributed by atoms with Gasteiger partial charge in [0.15, 0.2) is 5.76 Å². The summed E-state index contributed by atoms with van der Waals surface area (Å²) in [5, 5.41) is 6.43. The number of nitrogens with one attached hydrogen (secondary N) is 1. The Hall–Kier alpha value is -2.88. The summed E-state index contributed by atoms with van der Waals surface area (Å²) in [6.45, 7) is 1.85. The maximum atomic E-state index is 11.7. The lowest BCUT2D eigenvalue weighted by molar-refractivity contribution is 0.0927. The maximum absolute atomic E-state index is 11.7. The highest BCUT2D eigenvalue weighted by atomic mass is 16.3. The number of fused-ring (bicyclic) bond motifs is 1. The number of carbonyl (C=O) groups excluding carboxylic acids is 1. The number of furan rings is 1. The van der Waals surface area contributed by atoms with Gasteiger partial charge in [0.1, 0.15) is 0 Å². The fourth-order valence-corrected chi connectivity index (χ4v) is 2.08. The number of carbonyl (C=O) groups is 1. The Morgan fingerprint density at radius 1 is 1.05 bits per heavy atom. The Morgan fingerprint density at radius 2 is 1.86 bits per heavy atom. The molecule has 0 aliphatic heterocycles. The van der Waals surface area contributed by atoms with Crippen molar-refractivity contribution in [1.29, 1.82) is 0 Å². The van der Waals surface area contributed by atoms with Gasteiger partial charge in [0.05, 0.1) is 12.0 Å². The molecule has 0 atom stereocenters. The summed E-state index contributed by atoms with van der Waals surface area (Å²) in [4.78, 5) is 11.7. The fourth-order valence-electron chi connectivity index (χ4n) is 2.08. The van der Waals surface area contributed by atoms with Crippen LogP contribution in [0.4, 0.5) is 0 Å². The molecule has 4 heteroatoms. The predicted octanol–water partition coefficient (Wildman–Crippen LogP) is 3.59. The third kappa shape index (κ3) is 2.84. The summed E-state index contributed by atoms with van der Waals surface area (Å²) < 4.78 is 5.01. The first kappa shape index (κ1) is 13.1. The first-order valence-electron chi connectivity index (χ1n) is 6.61. The van der Waals surface area contributed by atoms with Crippen LogP contribution in [0.1, 0.15) is 23.0 Å². The van der Waals surface area contributed by atoms with Crippen LogP contribution >= 0.6 is 0 Å². The van der Waals surface area contributed by atoms with Gasteiger partial charge in [0.25, 0.3) is 0 Å². The van der Waals surface area contributed by atoms with Crippen molar-refractivity contribution >= 4 is 22.4 Å². The molecule has 0 fully saturated rings. The van der Waals surface area contributed by atoms with Gasteiger partial charge in [-0.3, -0.25) is 4.79 Å². The summed E-state index contributed by atoms with van der Waals surface area (Å²) in [5.41, 5.74) is 4.19. The van der Waals surface area contributed by atoms with E-state index in [1.54, 1.807) is 12.1 Å². The molecular weight excluding hydrogens is 264 g/mol. The normalized spacial score (nSPS) is 11.6. The summed E-state index contributed by atoms with van der Waals surface area (Å²) in [6.07, 6.45) is 1.45. The zero-order chi connectivity index (χ0) is 14.7. The van der Waals surface area contributed by atoms with Crippen molar-refractivity contribution in [1.82, 2.24) is 5.43 Å². The van der Waals surface area contributed by atoms with Crippen LogP contribution in [0.2, 0.25) is 0 Å². The van der Waals surface area contributed by atoms with Crippen LogP contribution in [0, 0.1) is 0 Å². The zero-order valence-electron chi connectivity index (χ0n) is 11.5. The highest BCUT2D eigenvalue weighted by Crippen LogP contribution is 2.16. The lowest BCUT2D eigenvalue weighted by Crippen LogP contribution is -2.18. The molecule has 1 N–H and O–H groups in total. The molecule has 104 valence electrons. The second-order valence-corrected chi connectivity index (χ2v) is 4.68. The van der Waals surface area contributed by atoms with Crippen LogP contribution in [0.3, 0.4) is 0 Å². The second-order valence-electron chi connectivity index (χ2n) is 4.68. The molecule has 0 saturated carbocycles. The van der Waals surface area contributed by atoms with E-state index in [0.717, 1.165) is 16.7 Å². The van der Waals surface area contributed by atoms with E-state index in [1.807, 2.05) is 43.3 Å². The molecule has 3 rings (SSSR count). The fraction of sp³-hybridized carbons (Fsp3) is 0.0588. The molecule has 0 bridgehead atoms. The number of nitrogens with zero attached hydrogens (tertiary/aromatic N) is 1. The van der Waals surface area contributed by atoms with Gasteiger partial charge >= 0.3 is 5.91 Å². The molecule has 0 aliphatic rings. The number of rotatable bonds is 3. The van der Waals surface area contributed by atoms with Crippen molar-refractivity contribution in [2.75, 3.05) is 0 Å². The molecule has 0 radical (unpaired) electrons. The van der Waals surface area contributed by atoms with E-state index < -0.39 is 0 Å². The van der Waals surface area contributed by atoms with Gasteiger partial charge in [0.2, 0.25) is 0 Å². The quantitative estimate of drug-likeness (QED) is 0.588. The number of benzene rings is 2. The Labute approximate surface area is 122 Å². The molecule has 0 aliphatic carbocycles.